The Morgan fingerprint density at radius 3 is 3.00 bits per heavy atom. The van der Waals surface area contributed by atoms with E-state index in [-0.39, 0.29) is 11.9 Å². The van der Waals surface area contributed by atoms with Crippen molar-refractivity contribution in [1.29, 1.82) is 0 Å². The lowest BCUT2D eigenvalue weighted by Crippen LogP contribution is -2.33. The van der Waals surface area contributed by atoms with Crippen LogP contribution in [-0.2, 0) is 22.4 Å². The molecule has 118 valence electrons. The predicted octanol–water partition coefficient (Wildman–Crippen LogP) is 2.39. The molecule has 2 aromatic rings. The van der Waals surface area contributed by atoms with E-state index in [9.17, 15) is 4.39 Å². The molecule has 1 aromatic carbocycles. The number of halogens is 2. The molecule has 1 fully saturated rings. The van der Waals surface area contributed by atoms with Crippen LogP contribution in [-0.4, -0.2) is 40.7 Å². The third kappa shape index (κ3) is 3.45. The summed E-state index contributed by atoms with van der Waals surface area (Å²) in [5.74, 6) is 0.967. The third-order valence-corrected chi connectivity index (χ3v) is 3.87. The highest BCUT2D eigenvalue weighted by atomic mass is 35.5. The minimum atomic E-state index is -0.336. The van der Waals surface area contributed by atoms with Crippen LogP contribution in [0.15, 0.2) is 18.2 Å². The van der Waals surface area contributed by atoms with Gasteiger partial charge in [-0.15, -0.1) is 0 Å². The van der Waals surface area contributed by atoms with Gasteiger partial charge in [0.2, 0.25) is 0 Å². The van der Waals surface area contributed by atoms with E-state index in [1.807, 2.05) is 0 Å². The Morgan fingerprint density at radius 2 is 2.27 bits per heavy atom. The van der Waals surface area contributed by atoms with E-state index >= 15 is 0 Å². The smallest absolute Gasteiger partial charge is 0.147 e. The average Bonchev–Trinajstić information content (AvgIpc) is 2.84. The van der Waals surface area contributed by atoms with Gasteiger partial charge in [0.25, 0.3) is 0 Å². The Balaban J connectivity index is 1.81. The van der Waals surface area contributed by atoms with Crippen LogP contribution in [0.4, 0.5) is 4.39 Å². The van der Waals surface area contributed by atoms with Gasteiger partial charge < -0.3 is 9.47 Å². The summed E-state index contributed by atoms with van der Waals surface area (Å²) in [6.07, 6.45) is 0.226. The molecule has 0 bridgehead atoms. The maximum Gasteiger partial charge on any atom is 0.147 e. The Bertz CT molecular complexity index is 636. The zero-order chi connectivity index (χ0) is 15.5. The van der Waals surface area contributed by atoms with Gasteiger partial charge in [-0.1, -0.05) is 17.7 Å². The molecule has 0 spiro atoms. The molecule has 0 aliphatic carbocycles. The van der Waals surface area contributed by atoms with E-state index < -0.39 is 0 Å². The van der Waals surface area contributed by atoms with Crippen LogP contribution in [0.1, 0.15) is 17.2 Å². The molecule has 1 aliphatic rings. The average molecular weight is 326 g/mol. The van der Waals surface area contributed by atoms with E-state index in [0.29, 0.717) is 55.0 Å². The molecular weight excluding hydrogens is 309 g/mol. The van der Waals surface area contributed by atoms with Crippen molar-refractivity contribution in [2.75, 3.05) is 19.8 Å². The van der Waals surface area contributed by atoms with E-state index in [0.717, 1.165) is 0 Å². The van der Waals surface area contributed by atoms with Crippen LogP contribution in [0.5, 0.6) is 0 Å². The molecule has 1 atom stereocenters. The fourth-order valence-electron chi connectivity index (χ4n) is 2.47. The van der Waals surface area contributed by atoms with Crippen molar-refractivity contribution in [3.63, 3.8) is 0 Å². The van der Waals surface area contributed by atoms with Gasteiger partial charge >= 0.3 is 0 Å². The zero-order valence-corrected chi connectivity index (χ0v) is 13.0. The van der Waals surface area contributed by atoms with Crippen molar-refractivity contribution in [2.45, 2.75) is 26.0 Å². The second-order valence-corrected chi connectivity index (χ2v) is 5.61. The maximum absolute atomic E-state index is 13.9. The summed E-state index contributed by atoms with van der Waals surface area (Å²) in [6, 6.07) is 4.66. The topological polar surface area (TPSA) is 49.2 Å². The van der Waals surface area contributed by atoms with E-state index in [1.54, 1.807) is 23.7 Å². The number of aromatic nitrogens is 3. The number of rotatable bonds is 4. The minimum absolute atomic E-state index is 0.0651. The van der Waals surface area contributed by atoms with Crippen molar-refractivity contribution in [2.24, 2.45) is 0 Å². The van der Waals surface area contributed by atoms with E-state index in [1.165, 1.54) is 6.07 Å². The predicted molar refractivity (Wildman–Crippen MR) is 79.5 cm³/mol. The molecule has 0 amide bonds. The summed E-state index contributed by atoms with van der Waals surface area (Å²) >= 11 is 6.09. The quantitative estimate of drug-likeness (QED) is 0.866. The van der Waals surface area contributed by atoms with Crippen LogP contribution < -0.4 is 0 Å². The summed E-state index contributed by atoms with van der Waals surface area (Å²) in [7, 11) is 0. The Hall–Kier alpha value is -1.50. The fourth-order valence-corrected chi connectivity index (χ4v) is 2.70. The van der Waals surface area contributed by atoms with Crippen LogP contribution in [0, 0.1) is 12.7 Å². The first-order chi connectivity index (χ1) is 10.6. The largest absolute Gasteiger partial charge is 0.376 e. The Morgan fingerprint density at radius 1 is 1.41 bits per heavy atom. The standard InChI is InChI=1S/C15H17ClFN3O2/c1-10-18-15(7-12-13(16)3-2-4-14(12)17)20(19-10)8-11-9-21-5-6-22-11/h2-4,11H,5-9H2,1H3/t11-/m1/s1. The van der Waals surface area contributed by atoms with Gasteiger partial charge in [0.1, 0.15) is 23.6 Å². The van der Waals surface area contributed by atoms with Gasteiger partial charge in [-0.3, -0.25) is 0 Å². The van der Waals surface area contributed by atoms with Crippen molar-refractivity contribution in [3.05, 3.63) is 46.3 Å². The molecule has 1 aromatic heterocycles. The Kier molecular flexibility index (Phi) is 4.71. The molecule has 5 nitrogen and oxygen atoms in total. The zero-order valence-electron chi connectivity index (χ0n) is 12.3. The van der Waals surface area contributed by atoms with E-state index in [4.69, 9.17) is 21.1 Å². The minimum Gasteiger partial charge on any atom is -0.376 e. The summed E-state index contributed by atoms with van der Waals surface area (Å²) in [6.45, 7) is 4.06. The number of benzene rings is 1. The van der Waals surface area contributed by atoms with Crippen LogP contribution in [0.25, 0.3) is 0 Å². The van der Waals surface area contributed by atoms with Crippen LogP contribution in [0.3, 0.4) is 0 Å². The van der Waals surface area contributed by atoms with Gasteiger partial charge in [0, 0.05) is 17.0 Å². The van der Waals surface area contributed by atoms with Gasteiger partial charge in [0.05, 0.1) is 26.4 Å². The number of hydrogen-bond donors (Lipinski definition) is 0. The first kappa shape index (κ1) is 15.4. The summed E-state index contributed by atoms with van der Waals surface area (Å²) in [4.78, 5) is 4.38. The molecule has 22 heavy (non-hydrogen) atoms. The third-order valence-electron chi connectivity index (χ3n) is 3.51. The highest BCUT2D eigenvalue weighted by Crippen LogP contribution is 2.22. The molecule has 0 unspecified atom stereocenters. The molecule has 2 heterocycles. The van der Waals surface area contributed by atoms with Crippen LogP contribution in [0.2, 0.25) is 5.02 Å². The molecular formula is C15H17ClFN3O2. The number of hydrogen-bond acceptors (Lipinski definition) is 4. The molecule has 0 N–H and O–H groups in total. The monoisotopic (exact) mass is 325 g/mol. The summed E-state index contributed by atoms with van der Waals surface area (Å²) in [5.41, 5.74) is 0.429. The van der Waals surface area contributed by atoms with Crippen molar-refractivity contribution < 1.29 is 13.9 Å². The van der Waals surface area contributed by atoms with Gasteiger partial charge in [0.15, 0.2) is 0 Å². The molecule has 0 radical (unpaired) electrons. The molecule has 3 rings (SSSR count). The lowest BCUT2D eigenvalue weighted by Gasteiger charge is -2.23. The summed E-state index contributed by atoms with van der Waals surface area (Å²) in [5, 5.41) is 4.76. The first-order valence-electron chi connectivity index (χ1n) is 7.16. The van der Waals surface area contributed by atoms with Crippen molar-refractivity contribution >= 4 is 11.6 Å². The number of ether oxygens (including phenoxy) is 2. The fraction of sp³-hybridized carbons (Fsp3) is 0.467. The lowest BCUT2D eigenvalue weighted by molar-refractivity contribution is -0.0948. The number of nitrogens with zero attached hydrogens (tertiary/aromatic N) is 3. The number of aryl methyl sites for hydroxylation is 1. The highest BCUT2D eigenvalue weighted by molar-refractivity contribution is 6.31. The van der Waals surface area contributed by atoms with Crippen molar-refractivity contribution in [1.82, 2.24) is 14.8 Å². The molecule has 1 aliphatic heterocycles. The second kappa shape index (κ2) is 6.73. The molecule has 1 saturated heterocycles. The lowest BCUT2D eigenvalue weighted by atomic mass is 10.1. The second-order valence-electron chi connectivity index (χ2n) is 5.20. The van der Waals surface area contributed by atoms with E-state index in [2.05, 4.69) is 10.1 Å². The first-order valence-corrected chi connectivity index (χ1v) is 7.54. The molecule has 7 heteroatoms. The van der Waals surface area contributed by atoms with Crippen molar-refractivity contribution in [3.8, 4) is 0 Å². The molecule has 0 saturated carbocycles. The maximum atomic E-state index is 13.9. The Labute approximate surface area is 133 Å². The van der Waals surface area contributed by atoms with Gasteiger partial charge in [-0.2, -0.15) is 5.10 Å². The normalized spacial score (nSPS) is 18.6. The van der Waals surface area contributed by atoms with Gasteiger partial charge in [-0.05, 0) is 19.1 Å². The highest BCUT2D eigenvalue weighted by Gasteiger charge is 2.19. The SMILES string of the molecule is Cc1nc(Cc2c(F)cccc2Cl)n(C[C@@H]2COCCO2)n1. The van der Waals surface area contributed by atoms with Crippen LogP contribution >= 0.6 is 11.6 Å². The van der Waals surface area contributed by atoms with Gasteiger partial charge in [-0.25, -0.2) is 14.1 Å². The summed E-state index contributed by atoms with van der Waals surface area (Å²) < 4.78 is 26.7.